The van der Waals surface area contributed by atoms with Gasteiger partial charge in [-0.05, 0) is 43.7 Å². The highest BCUT2D eigenvalue weighted by Gasteiger charge is 2.23. The fraction of sp³-hybridized carbons (Fsp3) is 0.350. The van der Waals surface area contributed by atoms with E-state index in [2.05, 4.69) is 35.8 Å². The van der Waals surface area contributed by atoms with Crippen LogP contribution in [0.1, 0.15) is 12.0 Å². The molecule has 3 rings (SSSR count). The lowest BCUT2D eigenvalue weighted by Crippen LogP contribution is -2.22. The van der Waals surface area contributed by atoms with Crippen molar-refractivity contribution in [1.82, 2.24) is 9.88 Å². The van der Waals surface area contributed by atoms with Crippen LogP contribution < -0.4 is 9.47 Å². The first-order valence-corrected chi connectivity index (χ1v) is 8.21. The number of benzene rings is 1. The molecule has 1 aliphatic heterocycles. The van der Waals surface area contributed by atoms with Gasteiger partial charge in [-0.15, -0.1) is 6.58 Å². The minimum Gasteiger partial charge on any atom is -0.496 e. The highest BCUT2D eigenvalue weighted by atomic mass is 16.5. The molecule has 1 unspecified atom stereocenters. The summed E-state index contributed by atoms with van der Waals surface area (Å²) in [7, 11) is 3.79. The topological polar surface area (TPSA) is 34.6 Å². The molecule has 0 N–H and O–H groups in total. The highest BCUT2D eigenvalue weighted by Crippen LogP contribution is 2.36. The zero-order valence-electron chi connectivity index (χ0n) is 14.3. The second kappa shape index (κ2) is 7.49. The molecule has 0 spiro atoms. The number of rotatable bonds is 6. The predicted molar refractivity (Wildman–Crippen MR) is 95.5 cm³/mol. The highest BCUT2D eigenvalue weighted by molar-refractivity contribution is 5.70. The summed E-state index contributed by atoms with van der Waals surface area (Å²) in [6, 6.07) is 9.73. The van der Waals surface area contributed by atoms with Crippen molar-refractivity contribution in [3.05, 3.63) is 54.7 Å². The van der Waals surface area contributed by atoms with Crippen LogP contribution in [0.15, 0.2) is 43.0 Å². The van der Waals surface area contributed by atoms with Gasteiger partial charge in [-0.3, -0.25) is 0 Å². The first-order chi connectivity index (χ1) is 11.7. The molecule has 2 aromatic rings. The van der Waals surface area contributed by atoms with E-state index >= 15 is 0 Å². The molecule has 0 bridgehead atoms. The fourth-order valence-electron chi connectivity index (χ4n) is 3.05. The van der Waals surface area contributed by atoms with Gasteiger partial charge >= 0.3 is 0 Å². The summed E-state index contributed by atoms with van der Waals surface area (Å²) < 4.78 is 11.9. The van der Waals surface area contributed by atoms with Gasteiger partial charge in [-0.2, -0.15) is 0 Å². The molecule has 1 aromatic carbocycles. The molecule has 125 valence electrons. The van der Waals surface area contributed by atoms with E-state index in [1.807, 2.05) is 24.3 Å². The maximum absolute atomic E-state index is 6.27. The van der Waals surface area contributed by atoms with Crippen LogP contribution in [0.2, 0.25) is 0 Å². The van der Waals surface area contributed by atoms with E-state index in [0.717, 1.165) is 54.3 Å². The normalized spacial score (nSPS) is 17.7. The van der Waals surface area contributed by atoms with Crippen LogP contribution >= 0.6 is 0 Å². The van der Waals surface area contributed by atoms with Gasteiger partial charge < -0.3 is 14.4 Å². The minimum absolute atomic E-state index is 0.220. The summed E-state index contributed by atoms with van der Waals surface area (Å²) in [5.74, 6) is 1.63. The Kier molecular flexibility index (Phi) is 5.16. The molecule has 0 amide bonds. The number of likely N-dealkylation sites (N-methyl/N-ethyl adjacent to an activating group) is 1. The largest absolute Gasteiger partial charge is 0.496 e. The first-order valence-electron chi connectivity index (χ1n) is 8.21. The molecule has 1 saturated heterocycles. The van der Waals surface area contributed by atoms with Crippen LogP contribution in [0.4, 0.5) is 0 Å². The zero-order valence-corrected chi connectivity index (χ0v) is 14.3. The predicted octanol–water partition coefficient (Wildman–Crippen LogP) is 3.37. The molecule has 4 nitrogen and oxygen atoms in total. The SMILES string of the molecule is C=CCc1cc(-c2ccc[c]n2)c(OC)cc1OC1CCN(C)C1. The molecule has 24 heavy (non-hydrogen) atoms. The Balaban J connectivity index is 1.97. The molecule has 2 heterocycles. The van der Waals surface area contributed by atoms with Gasteiger partial charge in [0.2, 0.25) is 0 Å². The Bertz CT molecular complexity index is 700. The van der Waals surface area contributed by atoms with Gasteiger partial charge in [-0.1, -0.05) is 12.1 Å². The third kappa shape index (κ3) is 3.60. The number of hydrogen-bond acceptors (Lipinski definition) is 4. The van der Waals surface area contributed by atoms with E-state index < -0.39 is 0 Å². The summed E-state index contributed by atoms with van der Waals surface area (Å²) in [5, 5.41) is 0. The standard InChI is InChI=1S/C20H23N2O2/c1-4-7-15-12-17(18-8-5-6-10-21-18)20(23-3)13-19(15)24-16-9-11-22(2)14-16/h4-6,8,12-13,16H,1,7,9,11,14H2,2-3H3. The third-order valence-electron chi connectivity index (χ3n) is 4.27. The second-order valence-electron chi connectivity index (χ2n) is 6.10. The Morgan fingerprint density at radius 3 is 2.92 bits per heavy atom. The average molecular weight is 323 g/mol. The molecule has 1 radical (unpaired) electrons. The molecule has 1 aliphatic rings. The first kappa shape index (κ1) is 16.5. The number of ether oxygens (including phenoxy) is 2. The number of nitrogens with zero attached hydrogens (tertiary/aromatic N) is 2. The van der Waals surface area contributed by atoms with Crippen molar-refractivity contribution in [3.8, 4) is 22.8 Å². The smallest absolute Gasteiger partial charge is 0.131 e. The summed E-state index contributed by atoms with van der Waals surface area (Å²) in [5.41, 5.74) is 2.88. The number of pyridine rings is 1. The Morgan fingerprint density at radius 2 is 2.29 bits per heavy atom. The van der Waals surface area contributed by atoms with Crippen molar-refractivity contribution < 1.29 is 9.47 Å². The van der Waals surface area contributed by atoms with Crippen molar-refractivity contribution in [1.29, 1.82) is 0 Å². The van der Waals surface area contributed by atoms with E-state index in [4.69, 9.17) is 9.47 Å². The van der Waals surface area contributed by atoms with Crippen molar-refractivity contribution in [2.24, 2.45) is 0 Å². The fourth-order valence-corrected chi connectivity index (χ4v) is 3.05. The molecule has 0 aliphatic carbocycles. The Labute approximate surface area is 143 Å². The van der Waals surface area contributed by atoms with Gasteiger partial charge in [0, 0.05) is 24.7 Å². The van der Waals surface area contributed by atoms with Gasteiger partial charge in [-0.25, -0.2) is 4.98 Å². The van der Waals surface area contributed by atoms with Crippen molar-refractivity contribution in [3.63, 3.8) is 0 Å². The number of allylic oxidation sites excluding steroid dienone is 1. The van der Waals surface area contributed by atoms with E-state index in [0.29, 0.717) is 0 Å². The lowest BCUT2D eigenvalue weighted by molar-refractivity contribution is 0.206. The van der Waals surface area contributed by atoms with Gasteiger partial charge in [0.05, 0.1) is 19.0 Å². The van der Waals surface area contributed by atoms with Crippen LogP contribution in [0.3, 0.4) is 0 Å². The molecule has 4 heteroatoms. The summed E-state index contributed by atoms with van der Waals surface area (Å²) in [6.07, 6.45) is 6.78. The van der Waals surface area contributed by atoms with Crippen LogP contribution in [-0.4, -0.2) is 43.2 Å². The Hall–Kier alpha value is -2.33. The molecule has 1 aromatic heterocycles. The number of aromatic nitrogens is 1. The van der Waals surface area contributed by atoms with Crippen LogP contribution in [0.5, 0.6) is 11.5 Å². The quantitative estimate of drug-likeness (QED) is 0.764. The maximum Gasteiger partial charge on any atom is 0.131 e. The van der Waals surface area contributed by atoms with E-state index in [9.17, 15) is 0 Å². The van der Waals surface area contributed by atoms with Crippen molar-refractivity contribution in [2.75, 3.05) is 27.2 Å². The minimum atomic E-state index is 0.220. The summed E-state index contributed by atoms with van der Waals surface area (Å²) >= 11 is 0. The Morgan fingerprint density at radius 1 is 1.42 bits per heavy atom. The van der Waals surface area contributed by atoms with E-state index in [-0.39, 0.29) is 6.10 Å². The maximum atomic E-state index is 6.27. The van der Waals surface area contributed by atoms with Gasteiger partial charge in [0.25, 0.3) is 0 Å². The van der Waals surface area contributed by atoms with E-state index in [1.54, 1.807) is 13.2 Å². The average Bonchev–Trinajstić information content (AvgIpc) is 3.02. The van der Waals surface area contributed by atoms with Crippen LogP contribution in [-0.2, 0) is 6.42 Å². The number of likely N-dealkylation sites (tertiary alicyclic amines) is 1. The molecule has 1 atom stereocenters. The number of hydrogen-bond donors (Lipinski definition) is 0. The van der Waals surface area contributed by atoms with Crippen LogP contribution in [0.25, 0.3) is 11.3 Å². The van der Waals surface area contributed by atoms with Crippen molar-refractivity contribution >= 4 is 0 Å². The molecular weight excluding hydrogens is 300 g/mol. The molecule has 0 saturated carbocycles. The second-order valence-corrected chi connectivity index (χ2v) is 6.10. The van der Waals surface area contributed by atoms with Crippen LogP contribution in [0, 0.1) is 6.20 Å². The van der Waals surface area contributed by atoms with Crippen molar-refractivity contribution in [2.45, 2.75) is 18.9 Å². The van der Waals surface area contributed by atoms with E-state index in [1.165, 1.54) is 0 Å². The summed E-state index contributed by atoms with van der Waals surface area (Å²) in [6.45, 7) is 5.89. The van der Waals surface area contributed by atoms with Gasteiger partial charge in [0.15, 0.2) is 0 Å². The number of methoxy groups -OCH3 is 1. The lowest BCUT2D eigenvalue weighted by atomic mass is 10.0. The monoisotopic (exact) mass is 323 g/mol. The van der Waals surface area contributed by atoms with Gasteiger partial charge in [0.1, 0.15) is 17.6 Å². The lowest BCUT2D eigenvalue weighted by Gasteiger charge is -2.19. The summed E-state index contributed by atoms with van der Waals surface area (Å²) in [4.78, 5) is 6.61. The zero-order chi connectivity index (χ0) is 16.9. The third-order valence-corrected chi connectivity index (χ3v) is 4.27. The molecular formula is C20H23N2O2. The molecule has 1 fully saturated rings.